The van der Waals surface area contributed by atoms with Crippen LogP contribution in [0.2, 0.25) is 0 Å². The third kappa shape index (κ3) is 3.10. The molecule has 0 aliphatic carbocycles. The van der Waals surface area contributed by atoms with Gasteiger partial charge in [-0.25, -0.2) is 4.98 Å². The topological polar surface area (TPSA) is 78.5 Å². The monoisotopic (exact) mass is 320 g/mol. The zero-order valence-corrected chi connectivity index (χ0v) is 14.0. The molecule has 0 radical (unpaired) electrons. The Morgan fingerprint density at radius 2 is 2.04 bits per heavy atom. The van der Waals surface area contributed by atoms with E-state index in [1.54, 1.807) is 4.90 Å². The molecule has 1 unspecified atom stereocenters. The fourth-order valence-electron chi connectivity index (χ4n) is 3.22. The molecule has 1 aromatic heterocycles. The highest BCUT2D eigenvalue weighted by Gasteiger charge is 2.35. The van der Waals surface area contributed by atoms with Gasteiger partial charge in [-0.15, -0.1) is 0 Å². The summed E-state index contributed by atoms with van der Waals surface area (Å²) in [6, 6.07) is 0.193. The van der Waals surface area contributed by atoms with E-state index in [9.17, 15) is 9.59 Å². The fourth-order valence-corrected chi connectivity index (χ4v) is 3.22. The molecule has 2 fully saturated rings. The number of morpholine rings is 1. The molecule has 2 aliphatic heterocycles. The van der Waals surface area contributed by atoms with Crippen LogP contribution < -0.4 is 0 Å². The first kappa shape index (κ1) is 16.0. The number of aromatic nitrogens is 2. The quantitative estimate of drug-likeness (QED) is 0.898. The molecule has 1 atom stereocenters. The zero-order valence-electron chi connectivity index (χ0n) is 14.0. The number of amides is 2. The molecule has 1 N–H and O–H groups in total. The number of likely N-dealkylation sites (tertiary alicyclic amines) is 1. The molecule has 3 heterocycles. The zero-order chi connectivity index (χ0) is 16.6. The average Bonchev–Trinajstić information content (AvgIpc) is 3.10. The Bertz CT molecular complexity index is 604. The van der Waals surface area contributed by atoms with Crippen LogP contribution in [0.25, 0.3) is 0 Å². The van der Waals surface area contributed by atoms with E-state index in [2.05, 4.69) is 9.97 Å². The van der Waals surface area contributed by atoms with Crippen LogP contribution in [0.5, 0.6) is 0 Å². The lowest BCUT2D eigenvalue weighted by Gasteiger charge is -2.26. The maximum atomic E-state index is 12.6. The van der Waals surface area contributed by atoms with Gasteiger partial charge >= 0.3 is 0 Å². The molecule has 2 amide bonds. The number of imidazole rings is 1. The van der Waals surface area contributed by atoms with Gasteiger partial charge in [-0.05, 0) is 20.8 Å². The molecule has 0 aromatic carbocycles. The van der Waals surface area contributed by atoms with Gasteiger partial charge in [0, 0.05) is 43.7 Å². The van der Waals surface area contributed by atoms with Crippen LogP contribution in [0.3, 0.4) is 0 Å². The van der Waals surface area contributed by atoms with E-state index in [0.29, 0.717) is 45.0 Å². The van der Waals surface area contributed by atoms with Gasteiger partial charge in [0.15, 0.2) is 0 Å². The first-order valence-corrected chi connectivity index (χ1v) is 8.20. The summed E-state index contributed by atoms with van der Waals surface area (Å²) in [5.74, 6) is 0.879. The minimum Gasteiger partial charge on any atom is -0.378 e. The van der Waals surface area contributed by atoms with Crippen molar-refractivity contribution in [1.82, 2.24) is 19.8 Å². The number of carbonyl (C=O) groups is 2. The molecule has 126 valence electrons. The highest BCUT2D eigenvalue weighted by atomic mass is 16.5. The summed E-state index contributed by atoms with van der Waals surface area (Å²) in [5, 5.41) is 0. The van der Waals surface area contributed by atoms with Gasteiger partial charge in [-0.1, -0.05) is 0 Å². The lowest BCUT2D eigenvalue weighted by Crippen LogP contribution is -2.41. The number of H-pyrrole nitrogens is 1. The van der Waals surface area contributed by atoms with Gasteiger partial charge in [0.05, 0.1) is 13.2 Å². The molecule has 3 rings (SSSR count). The number of hydrogen-bond donors (Lipinski definition) is 1. The van der Waals surface area contributed by atoms with E-state index in [4.69, 9.17) is 4.74 Å². The summed E-state index contributed by atoms with van der Waals surface area (Å²) in [4.78, 5) is 36.1. The van der Waals surface area contributed by atoms with Crippen molar-refractivity contribution in [3.8, 4) is 0 Å². The van der Waals surface area contributed by atoms with Crippen LogP contribution in [0.15, 0.2) is 0 Å². The van der Waals surface area contributed by atoms with Gasteiger partial charge in [-0.2, -0.15) is 0 Å². The molecule has 1 aromatic rings. The summed E-state index contributed by atoms with van der Waals surface area (Å²) in [6.45, 7) is 8.90. The standard InChI is InChI=1S/C16H24N4O3/c1-10(2)20-9-12(8-13(20)21)15-17-11(3)14(18-15)16(22)19-4-6-23-7-5-19/h10,12H,4-9H2,1-3H3,(H,17,18). The highest BCUT2D eigenvalue weighted by molar-refractivity contribution is 5.93. The van der Waals surface area contributed by atoms with Gasteiger partial charge in [0.25, 0.3) is 5.91 Å². The molecule has 0 bridgehead atoms. The lowest BCUT2D eigenvalue weighted by molar-refractivity contribution is -0.129. The second-order valence-corrected chi connectivity index (χ2v) is 6.54. The van der Waals surface area contributed by atoms with Gasteiger partial charge in [0.2, 0.25) is 5.91 Å². The first-order valence-electron chi connectivity index (χ1n) is 8.20. The number of ether oxygens (including phenoxy) is 1. The number of nitrogens with one attached hydrogen (secondary N) is 1. The van der Waals surface area contributed by atoms with Crippen LogP contribution in [0.1, 0.15) is 48.2 Å². The number of aryl methyl sites for hydroxylation is 1. The maximum absolute atomic E-state index is 12.6. The Balaban J connectivity index is 1.76. The minimum absolute atomic E-state index is 0.0369. The average molecular weight is 320 g/mol. The van der Waals surface area contributed by atoms with E-state index < -0.39 is 0 Å². The van der Waals surface area contributed by atoms with E-state index >= 15 is 0 Å². The van der Waals surface area contributed by atoms with Crippen molar-refractivity contribution in [3.63, 3.8) is 0 Å². The Morgan fingerprint density at radius 3 is 2.65 bits per heavy atom. The third-order valence-electron chi connectivity index (χ3n) is 4.57. The van der Waals surface area contributed by atoms with Gasteiger partial charge < -0.3 is 19.5 Å². The molecule has 23 heavy (non-hydrogen) atoms. The van der Waals surface area contributed by atoms with Crippen molar-refractivity contribution in [2.75, 3.05) is 32.8 Å². The summed E-state index contributed by atoms with van der Waals surface area (Å²) >= 11 is 0. The molecule has 2 aliphatic rings. The normalized spacial score (nSPS) is 22.3. The van der Waals surface area contributed by atoms with Crippen LogP contribution >= 0.6 is 0 Å². The van der Waals surface area contributed by atoms with Crippen molar-refractivity contribution in [1.29, 1.82) is 0 Å². The minimum atomic E-state index is -0.0571. The lowest BCUT2D eigenvalue weighted by atomic mass is 10.1. The van der Waals surface area contributed by atoms with Crippen LogP contribution in [-0.2, 0) is 9.53 Å². The molecule has 0 saturated carbocycles. The van der Waals surface area contributed by atoms with Crippen LogP contribution in [0.4, 0.5) is 0 Å². The molecule has 7 heteroatoms. The molecular weight excluding hydrogens is 296 g/mol. The molecule has 2 saturated heterocycles. The summed E-state index contributed by atoms with van der Waals surface area (Å²) in [6.07, 6.45) is 0.455. The third-order valence-corrected chi connectivity index (χ3v) is 4.57. The predicted molar refractivity (Wildman–Crippen MR) is 84.3 cm³/mol. The Morgan fingerprint density at radius 1 is 1.35 bits per heavy atom. The number of nitrogens with zero attached hydrogens (tertiary/aromatic N) is 3. The number of carbonyl (C=O) groups excluding carboxylic acids is 2. The molecule has 0 spiro atoms. The fraction of sp³-hybridized carbons (Fsp3) is 0.688. The molecule has 7 nitrogen and oxygen atoms in total. The number of rotatable bonds is 3. The van der Waals surface area contributed by atoms with Crippen molar-refractivity contribution < 1.29 is 14.3 Å². The second kappa shape index (κ2) is 6.31. The first-order chi connectivity index (χ1) is 11.0. The van der Waals surface area contributed by atoms with Crippen LogP contribution in [-0.4, -0.2) is 70.5 Å². The number of hydrogen-bond acceptors (Lipinski definition) is 4. The highest BCUT2D eigenvalue weighted by Crippen LogP contribution is 2.28. The molecular formula is C16H24N4O3. The van der Waals surface area contributed by atoms with Crippen molar-refractivity contribution in [3.05, 3.63) is 17.2 Å². The largest absolute Gasteiger partial charge is 0.378 e. The van der Waals surface area contributed by atoms with Crippen molar-refractivity contribution >= 4 is 11.8 Å². The maximum Gasteiger partial charge on any atom is 0.274 e. The van der Waals surface area contributed by atoms with E-state index in [1.165, 1.54) is 0 Å². The summed E-state index contributed by atoms with van der Waals surface area (Å²) in [5.41, 5.74) is 1.24. The van der Waals surface area contributed by atoms with Gasteiger partial charge in [0.1, 0.15) is 11.5 Å². The van der Waals surface area contributed by atoms with E-state index in [1.807, 2.05) is 25.7 Å². The van der Waals surface area contributed by atoms with Gasteiger partial charge in [-0.3, -0.25) is 9.59 Å². The second-order valence-electron chi connectivity index (χ2n) is 6.54. The Labute approximate surface area is 136 Å². The number of aromatic amines is 1. The smallest absolute Gasteiger partial charge is 0.274 e. The Hall–Kier alpha value is -1.89. The predicted octanol–water partition coefficient (Wildman–Crippen LogP) is 0.915. The Kier molecular flexibility index (Phi) is 4.39. The van der Waals surface area contributed by atoms with E-state index in [-0.39, 0.29) is 23.8 Å². The van der Waals surface area contributed by atoms with Crippen molar-refractivity contribution in [2.45, 2.75) is 39.2 Å². The SMILES string of the molecule is Cc1[nH]c(C2CC(=O)N(C(C)C)C2)nc1C(=O)N1CCOCC1. The summed E-state index contributed by atoms with van der Waals surface area (Å²) < 4.78 is 5.28. The van der Waals surface area contributed by atoms with Crippen LogP contribution in [0, 0.1) is 6.92 Å². The summed E-state index contributed by atoms with van der Waals surface area (Å²) in [7, 11) is 0. The van der Waals surface area contributed by atoms with E-state index in [0.717, 1.165) is 11.5 Å². The van der Waals surface area contributed by atoms with Crippen molar-refractivity contribution in [2.24, 2.45) is 0 Å².